The van der Waals surface area contributed by atoms with E-state index < -0.39 is 11.6 Å². The van der Waals surface area contributed by atoms with E-state index in [0.717, 1.165) is 40.1 Å². The number of hydrogen-bond acceptors (Lipinski definition) is 4. The van der Waals surface area contributed by atoms with Crippen molar-refractivity contribution in [3.05, 3.63) is 102 Å². The molecule has 0 bridgehead atoms. The number of benzene rings is 2. The molecule has 1 saturated heterocycles. The van der Waals surface area contributed by atoms with Gasteiger partial charge in [-0.2, -0.15) is 0 Å². The van der Waals surface area contributed by atoms with Gasteiger partial charge in [0.15, 0.2) is 17.5 Å². The fourth-order valence-electron chi connectivity index (χ4n) is 4.55. The Labute approximate surface area is 202 Å². The summed E-state index contributed by atoms with van der Waals surface area (Å²) in [5.74, 6) is -1.50. The van der Waals surface area contributed by atoms with Crippen LogP contribution in [0.15, 0.2) is 73.2 Å². The van der Waals surface area contributed by atoms with E-state index >= 15 is 0 Å². The number of hydrogen-bond donors (Lipinski definition) is 0. The zero-order valence-electron chi connectivity index (χ0n) is 19.3. The van der Waals surface area contributed by atoms with Crippen LogP contribution in [-0.2, 0) is 0 Å². The molecule has 0 spiro atoms. The lowest BCUT2D eigenvalue weighted by Gasteiger charge is -2.32. The molecule has 0 atom stereocenters. The smallest absolute Gasteiger partial charge is 0.253 e. The second kappa shape index (κ2) is 9.70. The largest absolute Gasteiger partial charge is 0.339 e. The van der Waals surface area contributed by atoms with Crippen LogP contribution in [0.4, 0.5) is 8.78 Å². The third kappa shape index (κ3) is 4.80. The number of likely N-dealkylation sites (tertiary alicyclic amines) is 1. The van der Waals surface area contributed by atoms with E-state index in [-0.39, 0.29) is 17.4 Å². The lowest BCUT2D eigenvalue weighted by molar-refractivity contribution is 0.0711. The zero-order chi connectivity index (χ0) is 24.4. The van der Waals surface area contributed by atoms with Crippen LogP contribution in [0, 0.1) is 18.6 Å². The molecule has 2 aromatic heterocycles. The van der Waals surface area contributed by atoms with Crippen LogP contribution < -0.4 is 0 Å². The van der Waals surface area contributed by atoms with Crippen molar-refractivity contribution < 1.29 is 13.6 Å². The number of piperidine rings is 1. The molecular formula is C28H24F2N4O. The third-order valence-electron chi connectivity index (χ3n) is 6.42. The highest BCUT2D eigenvalue weighted by atomic mass is 19.2. The summed E-state index contributed by atoms with van der Waals surface area (Å²) < 4.78 is 26.9. The highest BCUT2D eigenvalue weighted by Gasteiger charge is 2.28. The van der Waals surface area contributed by atoms with Gasteiger partial charge in [-0.15, -0.1) is 0 Å². The average molecular weight is 471 g/mol. The number of amides is 1. The minimum absolute atomic E-state index is 0.128. The predicted molar refractivity (Wildman–Crippen MR) is 130 cm³/mol. The predicted octanol–water partition coefficient (Wildman–Crippen LogP) is 5.81. The van der Waals surface area contributed by atoms with Crippen molar-refractivity contribution in [1.29, 1.82) is 0 Å². The molecule has 35 heavy (non-hydrogen) atoms. The minimum Gasteiger partial charge on any atom is -0.339 e. The normalized spacial score (nSPS) is 14.2. The van der Waals surface area contributed by atoms with Gasteiger partial charge in [-0.3, -0.25) is 9.78 Å². The standard InChI is InChI=1S/C28H24F2N4O/c1-18-3-2-4-21(15-18)23-17-32-27(20-7-11-31-12-8-20)33-26(23)19-9-13-34(14-10-19)28(35)22-5-6-24(29)25(30)16-22/h2-8,11-12,15-17,19H,9-10,13-14H2,1H3. The van der Waals surface area contributed by atoms with Crippen molar-refractivity contribution in [3.8, 4) is 22.5 Å². The average Bonchev–Trinajstić information content (AvgIpc) is 2.90. The van der Waals surface area contributed by atoms with Crippen LogP contribution in [0.2, 0.25) is 0 Å². The first kappa shape index (κ1) is 22.8. The molecule has 176 valence electrons. The number of rotatable bonds is 4. The van der Waals surface area contributed by atoms with Crippen LogP contribution in [0.5, 0.6) is 0 Å². The minimum atomic E-state index is -1.02. The number of carbonyl (C=O) groups is 1. The van der Waals surface area contributed by atoms with E-state index in [1.807, 2.05) is 24.4 Å². The van der Waals surface area contributed by atoms with Crippen molar-refractivity contribution in [3.63, 3.8) is 0 Å². The monoisotopic (exact) mass is 470 g/mol. The Morgan fingerprint density at radius 2 is 1.71 bits per heavy atom. The van der Waals surface area contributed by atoms with Crippen molar-refractivity contribution in [2.75, 3.05) is 13.1 Å². The summed E-state index contributed by atoms with van der Waals surface area (Å²) in [6.45, 7) is 3.06. The van der Waals surface area contributed by atoms with Crippen LogP contribution >= 0.6 is 0 Å². The molecule has 1 aliphatic heterocycles. The molecule has 4 aromatic rings. The number of aromatic nitrogens is 3. The van der Waals surface area contributed by atoms with Gasteiger partial charge >= 0.3 is 0 Å². The van der Waals surface area contributed by atoms with Gasteiger partial charge in [0.2, 0.25) is 0 Å². The van der Waals surface area contributed by atoms with Crippen LogP contribution in [0.1, 0.15) is 40.4 Å². The Bertz CT molecular complexity index is 1370. The fourth-order valence-corrected chi connectivity index (χ4v) is 4.55. The SMILES string of the molecule is Cc1cccc(-c2cnc(-c3ccncc3)nc2C2CCN(C(=O)c3ccc(F)c(F)c3)CC2)c1. The molecular weight excluding hydrogens is 446 g/mol. The van der Waals surface area contributed by atoms with E-state index in [0.29, 0.717) is 31.8 Å². The number of nitrogens with zero attached hydrogens (tertiary/aromatic N) is 4. The highest BCUT2D eigenvalue weighted by molar-refractivity contribution is 5.94. The Morgan fingerprint density at radius 3 is 2.43 bits per heavy atom. The Balaban J connectivity index is 1.43. The summed E-state index contributed by atoms with van der Waals surface area (Å²) in [6.07, 6.45) is 6.73. The van der Waals surface area contributed by atoms with Crippen molar-refractivity contribution >= 4 is 5.91 Å². The molecule has 1 fully saturated rings. The van der Waals surface area contributed by atoms with Gasteiger partial charge in [-0.05, 0) is 55.7 Å². The van der Waals surface area contributed by atoms with E-state index in [4.69, 9.17) is 4.98 Å². The van der Waals surface area contributed by atoms with Crippen LogP contribution in [0.25, 0.3) is 22.5 Å². The molecule has 3 heterocycles. The van der Waals surface area contributed by atoms with Gasteiger partial charge in [0.05, 0.1) is 5.69 Å². The molecule has 5 rings (SSSR count). The Morgan fingerprint density at radius 1 is 0.943 bits per heavy atom. The van der Waals surface area contributed by atoms with E-state index in [9.17, 15) is 13.6 Å². The number of carbonyl (C=O) groups excluding carboxylic acids is 1. The molecule has 0 aliphatic carbocycles. The second-order valence-electron chi connectivity index (χ2n) is 8.79. The number of aryl methyl sites for hydroxylation is 1. The van der Waals surface area contributed by atoms with Crippen LogP contribution in [0.3, 0.4) is 0 Å². The topological polar surface area (TPSA) is 59.0 Å². The molecule has 0 radical (unpaired) electrons. The summed E-state index contributed by atoms with van der Waals surface area (Å²) in [6, 6.07) is 15.3. The molecule has 0 N–H and O–H groups in total. The first-order chi connectivity index (χ1) is 17.0. The molecule has 2 aromatic carbocycles. The summed E-state index contributed by atoms with van der Waals surface area (Å²) >= 11 is 0. The van der Waals surface area contributed by atoms with E-state index in [2.05, 4.69) is 35.1 Å². The Hall–Kier alpha value is -4.00. The molecule has 5 nitrogen and oxygen atoms in total. The summed E-state index contributed by atoms with van der Waals surface area (Å²) in [7, 11) is 0. The first-order valence-corrected chi connectivity index (χ1v) is 11.6. The van der Waals surface area contributed by atoms with Gasteiger partial charge in [0.1, 0.15) is 0 Å². The van der Waals surface area contributed by atoms with Crippen molar-refractivity contribution in [2.24, 2.45) is 0 Å². The lowest BCUT2D eigenvalue weighted by Crippen LogP contribution is -2.38. The molecule has 7 heteroatoms. The Kier molecular flexibility index (Phi) is 6.31. The molecule has 0 unspecified atom stereocenters. The van der Waals surface area contributed by atoms with Crippen molar-refractivity contribution in [1.82, 2.24) is 19.9 Å². The first-order valence-electron chi connectivity index (χ1n) is 11.6. The maximum atomic E-state index is 13.6. The molecule has 1 amide bonds. The third-order valence-corrected chi connectivity index (χ3v) is 6.42. The van der Waals surface area contributed by atoms with Gasteiger partial charge in [0, 0.05) is 54.3 Å². The highest BCUT2D eigenvalue weighted by Crippen LogP contribution is 2.35. The summed E-state index contributed by atoms with van der Waals surface area (Å²) in [5.41, 5.74) is 5.20. The quantitative estimate of drug-likeness (QED) is 0.378. The zero-order valence-corrected chi connectivity index (χ0v) is 19.3. The second-order valence-corrected chi connectivity index (χ2v) is 8.79. The number of halogens is 2. The van der Waals surface area contributed by atoms with Crippen molar-refractivity contribution in [2.45, 2.75) is 25.7 Å². The lowest BCUT2D eigenvalue weighted by atomic mass is 9.88. The number of pyridine rings is 1. The van der Waals surface area contributed by atoms with E-state index in [1.54, 1.807) is 17.3 Å². The van der Waals surface area contributed by atoms with Gasteiger partial charge < -0.3 is 4.90 Å². The molecule has 1 aliphatic rings. The van der Waals surface area contributed by atoms with E-state index in [1.165, 1.54) is 6.07 Å². The van der Waals surface area contributed by atoms with Gasteiger partial charge in [-0.25, -0.2) is 18.7 Å². The van der Waals surface area contributed by atoms with Gasteiger partial charge in [0.25, 0.3) is 5.91 Å². The maximum absolute atomic E-state index is 13.6. The summed E-state index contributed by atoms with van der Waals surface area (Å²) in [5, 5.41) is 0. The summed E-state index contributed by atoms with van der Waals surface area (Å²) in [4.78, 5) is 28.3. The van der Waals surface area contributed by atoms with Crippen LogP contribution in [-0.4, -0.2) is 38.8 Å². The maximum Gasteiger partial charge on any atom is 0.253 e. The fraction of sp³-hybridized carbons (Fsp3) is 0.214. The van der Waals surface area contributed by atoms with Gasteiger partial charge in [-0.1, -0.05) is 29.8 Å². The molecule has 0 saturated carbocycles.